The van der Waals surface area contributed by atoms with E-state index in [1.54, 1.807) is 0 Å². The Balaban J connectivity index is 1.67. The van der Waals surface area contributed by atoms with Crippen LogP contribution in [-0.4, -0.2) is 17.5 Å². The van der Waals surface area contributed by atoms with E-state index < -0.39 is 0 Å². The number of rotatable bonds is 7. The molecule has 6 nitrogen and oxygen atoms in total. The van der Waals surface area contributed by atoms with Crippen LogP contribution in [0.2, 0.25) is 0 Å². The van der Waals surface area contributed by atoms with Crippen molar-refractivity contribution < 1.29 is 18.7 Å². The lowest BCUT2D eigenvalue weighted by atomic mass is 10.2. The van der Waals surface area contributed by atoms with E-state index in [1.165, 1.54) is 6.92 Å². The molecule has 26 heavy (non-hydrogen) atoms. The highest BCUT2D eigenvalue weighted by Crippen LogP contribution is 2.23. The van der Waals surface area contributed by atoms with Gasteiger partial charge in [0.25, 0.3) is 0 Å². The zero-order valence-corrected chi connectivity index (χ0v) is 15.1. The van der Waals surface area contributed by atoms with Crippen molar-refractivity contribution in [2.24, 2.45) is 0 Å². The van der Waals surface area contributed by atoms with E-state index in [9.17, 15) is 4.79 Å². The first-order valence-corrected chi connectivity index (χ1v) is 8.57. The van der Waals surface area contributed by atoms with E-state index in [0.717, 1.165) is 22.6 Å². The van der Waals surface area contributed by atoms with Crippen molar-refractivity contribution in [3.05, 3.63) is 53.9 Å². The van der Waals surface area contributed by atoms with Gasteiger partial charge in [-0.05, 0) is 55.8 Å². The summed E-state index contributed by atoms with van der Waals surface area (Å²) in [6, 6.07) is 13.0. The van der Waals surface area contributed by atoms with Gasteiger partial charge in [-0.25, -0.2) is 4.98 Å². The Kier molecular flexibility index (Phi) is 5.41. The highest BCUT2D eigenvalue weighted by atomic mass is 16.5. The number of oxazole rings is 1. The number of benzene rings is 2. The largest absolute Gasteiger partial charge is 0.494 e. The van der Waals surface area contributed by atoms with Crippen LogP contribution in [0.25, 0.3) is 11.1 Å². The van der Waals surface area contributed by atoms with E-state index >= 15 is 0 Å². The fraction of sp³-hybridized carbons (Fsp3) is 0.300. The Hall–Kier alpha value is -3.02. The summed E-state index contributed by atoms with van der Waals surface area (Å²) in [5.74, 6) is 1.96. The third-order valence-corrected chi connectivity index (χ3v) is 3.80. The molecular formula is C20H22N2O4. The van der Waals surface area contributed by atoms with Crippen molar-refractivity contribution in [3.8, 4) is 11.5 Å². The zero-order valence-electron chi connectivity index (χ0n) is 15.1. The Morgan fingerprint density at radius 2 is 1.85 bits per heavy atom. The molecule has 0 fully saturated rings. The van der Waals surface area contributed by atoms with Crippen LogP contribution in [0.5, 0.6) is 11.5 Å². The zero-order chi connectivity index (χ0) is 18.5. The van der Waals surface area contributed by atoms with Crippen molar-refractivity contribution >= 4 is 17.0 Å². The van der Waals surface area contributed by atoms with Gasteiger partial charge in [-0.15, -0.1) is 0 Å². The maximum atomic E-state index is 11.2. The lowest BCUT2D eigenvalue weighted by Gasteiger charge is -2.07. The highest BCUT2D eigenvalue weighted by Gasteiger charge is 2.14. The van der Waals surface area contributed by atoms with E-state index in [4.69, 9.17) is 13.9 Å². The molecular weight excluding hydrogens is 332 g/mol. The maximum absolute atomic E-state index is 11.2. The molecule has 1 aromatic heterocycles. The smallest absolute Gasteiger partial charge is 0.217 e. The van der Waals surface area contributed by atoms with Crippen molar-refractivity contribution in [2.75, 3.05) is 6.61 Å². The van der Waals surface area contributed by atoms with Crippen LogP contribution in [-0.2, 0) is 11.4 Å². The summed E-state index contributed by atoms with van der Waals surface area (Å²) in [5, 5.41) is 2.76. The molecule has 0 bridgehead atoms. The Morgan fingerprint density at radius 3 is 2.50 bits per heavy atom. The second-order valence-corrected chi connectivity index (χ2v) is 5.97. The Bertz CT molecular complexity index is 886. The summed E-state index contributed by atoms with van der Waals surface area (Å²) in [6.07, 6.45) is 0. The number of nitrogens with zero attached hydrogens (tertiary/aromatic N) is 1. The fourth-order valence-electron chi connectivity index (χ4n) is 2.60. The van der Waals surface area contributed by atoms with Crippen molar-refractivity contribution in [2.45, 2.75) is 33.4 Å². The predicted molar refractivity (Wildman–Crippen MR) is 98.2 cm³/mol. The molecule has 136 valence electrons. The van der Waals surface area contributed by atoms with Gasteiger partial charge >= 0.3 is 0 Å². The topological polar surface area (TPSA) is 73.6 Å². The van der Waals surface area contributed by atoms with Gasteiger partial charge in [0.1, 0.15) is 29.7 Å². The third-order valence-electron chi connectivity index (χ3n) is 3.80. The maximum Gasteiger partial charge on any atom is 0.217 e. The van der Waals surface area contributed by atoms with E-state index in [-0.39, 0.29) is 11.9 Å². The fourth-order valence-corrected chi connectivity index (χ4v) is 2.60. The molecule has 0 spiro atoms. The number of hydrogen-bond acceptors (Lipinski definition) is 5. The summed E-state index contributed by atoms with van der Waals surface area (Å²) in [6.45, 7) is 6.32. The van der Waals surface area contributed by atoms with Crippen LogP contribution >= 0.6 is 0 Å². The molecule has 1 unspecified atom stereocenters. The first kappa shape index (κ1) is 17.8. The number of ether oxygens (including phenoxy) is 2. The average molecular weight is 354 g/mol. The van der Waals surface area contributed by atoms with Crippen LogP contribution in [0.3, 0.4) is 0 Å². The molecule has 0 saturated carbocycles. The summed E-state index contributed by atoms with van der Waals surface area (Å²) in [5.41, 5.74) is 2.41. The number of amides is 1. The lowest BCUT2D eigenvalue weighted by Crippen LogP contribution is -2.23. The molecule has 0 aliphatic carbocycles. The van der Waals surface area contributed by atoms with Crippen LogP contribution in [0, 0.1) is 0 Å². The van der Waals surface area contributed by atoms with Gasteiger partial charge in [-0.1, -0.05) is 6.07 Å². The molecule has 2 aromatic carbocycles. The minimum Gasteiger partial charge on any atom is -0.494 e. The summed E-state index contributed by atoms with van der Waals surface area (Å²) in [7, 11) is 0. The Morgan fingerprint density at radius 1 is 1.15 bits per heavy atom. The molecule has 1 heterocycles. The van der Waals surface area contributed by atoms with Gasteiger partial charge in [0, 0.05) is 6.92 Å². The second-order valence-electron chi connectivity index (χ2n) is 5.97. The minimum absolute atomic E-state index is 0.121. The van der Waals surface area contributed by atoms with Gasteiger partial charge in [-0.3, -0.25) is 4.79 Å². The quantitative estimate of drug-likeness (QED) is 0.694. The summed E-state index contributed by atoms with van der Waals surface area (Å²) >= 11 is 0. The first-order valence-electron chi connectivity index (χ1n) is 8.57. The first-order chi connectivity index (χ1) is 12.5. The van der Waals surface area contributed by atoms with E-state index in [1.807, 2.05) is 56.3 Å². The van der Waals surface area contributed by atoms with E-state index in [0.29, 0.717) is 24.7 Å². The Labute approximate surface area is 152 Å². The van der Waals surface area contributed by atoms with E-state index in [2.05, 4.69) is 10.3 Å². The second kappa shape index (κ2) is 7.91. The molecule has 3 rings (SSSR count). The normalized spacial score (nSPS) is 12.0. The molecule has 0 radical (unpaired) electrons. The van der Waals surface area contributed by atoms with Crippen LogP contribution in [0.15, 0.2) is 46.9 Å². The number of nitrogens with one attached hydrogen (secondary N) is 1. The number of hydrogen-bond donors (Lipinski definition) is 1. The number of aromatic nitrogens is 1. The van der Waals surface area contributed by atoms with Gasteiger partial charge in [0.15, 0.2) is 5.58 Å². The monoisotopic (exact) mass is 354 g/mol. The van der Waals surface area contributed by atoms with Gasteiger partial charge in [-0.2, -0.15) is 0 Å². The van der Waals surface area contributed by atoms with Crippen molar-refractivity contribution in [3.63, 3.8) is 0 Å². The van der Waals surface area contributed by atoms with Gasteiger partial charge < -0.3 is 19.2 Å². The molecule has 0 aliphatic heterocycles. The van der Waals surface area contributed by atoms with Gasteiger partial charge in [0.05, 0.1) is 6.61 Å². The molecule has 6 heteroatoms. The van der Waals surface area contributed by atoms with Crippen LogP contribution in [0.1, 0.15) is 38.3 Å². The number of carbonyl (C=O) groups excluding carboxylic acids is 1. The summed E-state index contributed by atoms with van der Waals surface area (Å²) < 4.78 is 16.9. The van der Waals surface area contributed by atoms with Crippen molar-refractivity contribution in [1.82, 2.24) is 10.3 Å². The lowest BCUT2D eigenvalue weighted by molar-refractivity contribution is -0.119. The summed E-state index contributed by atoms with van der Waals surface area (Å²) in [4.78, 5) is 15.6. The molecule has 0 saturated heterocycles. The van der Waals surface area contributed by atoms with Gasteiger partial charge in [0.2, 0.25) is 11.8 Å². The molecule has 1 N–H and O–H groups in total. The standard InChI is InChI=1S/C20H22N2O4/c1-4-24-16-6-8-17(9-7-16)25-12-15-5-10-19-18(11-15)22-20(26-19)13(2)21-14(3)23/h5-11,13H,4,12H2,1-3H3,(H,21,23). The molecule has 1 atom stereocenters. The third kappa shape index (κ3) is 4.33. The number of carbonyl (C=O) groups is 1. The van der Waals surface area contributed by atoms with Crippen molar-refractivity contribution in [1.29, 1.82) is 0 Å². The number of fused-ring (bicyclic) bond motifs is 1. The predicted octanol–water partition coefficient (Wildman–Crippen LogP) is 4.00. The molecule has 3 aromatic rings. The van der Waals surface area contributed by atoms with Crippen LogP contribution in [0.4, 0.5) is 0 Å². The minimum atomic E-state index is -0.275. The van der Waals surface area contributed by atoms with Crippen LogP contribution < -0.4 is 14.8 Å². The highest BCUT2D eigenvalue weighted by molar-refractivity contribution is 5.75. The SMILES string of the molecule is CCOc1ccc(OCc2ccc3oc(C(C)NC(C)=O)nc3c2)cc1. The molecule has 1 amide bonds. The average Bonchev–Trinajstić information content (AvgIpc) is 3.04. The molecule has 0 aliphatic rings.